The number of rotatable bonds is 10. The Labute approximate surface area is 212 Å². The maximum atomic E-state index is 13.8. The summed E-state index contributed by atoms with van der Waals surface area (Å²) in [7, 11) is 6.48. The molecule has 0 aromatic heterocycles. The zero-order valence-corrected chi connectivity index (χ0v) is 21.7. The lowest BCUT2D eigenvalue weighted by atomic mass is 9.99. The number of amides is 1. The highest BCUT2D eigenvalue weighted by Gasteiger charge is 2.48. The second-order valence-corrected chi connectivity index (χ2v) is 9.45. The van der Waals surface area contributed by atoms with Crippen molar-refractivity contribution in [1.82, 2.24) is 4.90 Å². The first kappa shape index (κ1) is 26.5. The van der Waals surface area contributed by atoms with E-state index in [0.717, 1.165) is 31.4 Å². The predicted octanol–water partition coefficient (Wildman–Crippen LogP) is 2.82. The molecule has 2 unspecified atom stereocenters. The maximum absolute atomic E-state index is 13.8. The van der Waals surface area contributed by atoms with E-state index in [1.807, 2.05) is 22.9 Å². The van der Waals surface area contributed by atoms with E-state index >= 15 is 0 Å². The molecule has 1 amide bonds. The molecule has 1 aromatic carbocycles. The summed E-state index contributed by atoms with van der Waals surface area (Å²) >= 11 is 0. The lowest BCUT2D eigenvalue weighted by Gasteiger charge is -2.40. The monoisotopic (exact) mass is 506 g/mol. The molecular weight excluding hydrogens is 468 g/mol. The molecule has 2 fully saturated rings. The fourth-order valence-electron chi connectivity index (χ4n) is 5.34. The summed E-state index contributed by atoms with van der Waals surface area (Å²) < 4.78 is 34.2. The van der Waals surface area contributed by atoms with Crippen LogP contribution in [0.1, 0.15) is 48.9 Å². The van der Waals surface area contributed by atoms with Gasteiger partial charge in [-0.05, 0) is 38.2 Å². The molecule has 0 aliphatic carbocycles. The van der Waals surface area contributed by atoms with Crippen LogP contribution < -0.4 is 14.4 Å². The average Bonchev–Trinajstić information content (AvgIpc) is 3.30. The van der Waals surface area contributed by atoms with Gasteiger partial charge in [0.1, 0.15) is 0 Å². The van der Waals surface area contributed by atoms with Crippen molar-refractivity contribution in [2.75, 3.05) is 59.6 Å². The summed E-state index contributed by atoms with van der Waals surface area (Å²) in [6, 6.07) is 3.36. The smallest absolute Gasteiger partial charge is 0.305 e. The topological polar surface area (TPSA) is 96.0 Å². The van der Waals surface area contributed by atoms with E-state index < -0.39 is 6.23 Å². The van der Waals surface area contributed by atoms with Gasteiger partial charge in [0.25, 0.3) is 5.91 Å². The van der Waals surface area contributed by atoms with Crippen LogP contribution in [0.2, 0.25) is 0 Å². The number of anilines is 1. The lowest BCUT2D eigenvalue weighted by molar-refractivity contribution is -0.199. The lowest BCUT2D eigenvalue weighted by Crippen LogP contribution is -2.53. The Morgan fingerprint density at radius 1 is 1.11 bits per heavy atom. The summed E-state index contributed by atoms with van der Waals surface area (Å²) in [4.78, 5) is 29.1. The Morgan fingerprint density at radius 2 is 1.89 bits per heavy atom. The first-order valence-electron chi connectivity index (χ1n) is 12.7. The summed E-state index contributed by atoms with van der Waals surface area (Å²) in [5.74, 6) is 0.824. The van der Waals surface area contributed by atoms with Crippen LogP contribution in [0.5, 0.6) is 11.5 Å². The third-order valence-electron chi connectivity index (χ3n) is 7.29. The van der Waals surface area contributed by atoms with Gasteiger partial charge in [0.15, 0.2) is 24.0 Å². The normalized spacial score (nSPS) is 25.7. The number of carbonyl (C=O) groups excluding carboxylic acids is 2. The van der Waals surface area contributed by atoms with Gasteiger partial charge in [0, 0.05) is 45.2 Å². The molecule has 10 nitrogen and oxygen atoms in total. The van der Waals surface area contributed by atoms with Crippen LogP contribution in [0.3, 0.4) is 0 Å². The zero-order valence-electron chi connectivity index (χ0n) is 21.7. The van der Waals surface area contributed by atoms with Crippen LogP contribution in [-0.2, 0) is 23.7 Å². The molecule has 36 heavy (non-hydrogen) atoms. The fraction of sp³-hybridized carbons (Fsp3) is 0.692. The largest absolute Gasteiger partial charge is 0.493 e. The number of likely N-dealkylation sites (N-methyl/N-ethyl adjacent to an activating group) is 1. The first-order chi connectivity index (χ1) is 17.5. The van der Waals surface area contributed by atoms with Gasteiger partial charge in [0.05, 0.1) is 45.2 Å². The number of benzene rings is 1. The number of hydrogen-bond donors (Lipinski definition) is 0. The van der Waals surface area contributed by atoms with Crippen LogP contribution in [0.15, 0.2) is 12.1 Å². The molecule has 1 aromatic rings. The fourth-order valence-corrected chi connectivity index (χ4v) is 5.34. The second kappa shape index (κ2) is 12.1. The van der Waals surface area contributed by atoms with Gasteiger partial charge in [-0.15, -0.1) is 0 Å². The molecule has 0 bridgehead atoms. The number of hydrogen-bond acceptors (Lipinski definition) is 9. The van der Waals surface area contributed by atoms with Crippen molar-refractivity contribution in [3.8, 4) is 11.5 Å². The number of ether oxygens (including phenoxy) is 6. The van der Waals surface area contributed by atoms with E-state index in [1.54, 1.807) is 20.3 Å². The van der Waals surface area contributed by atoms with Gasteiger partial charge in [-0.3, -0.25) is 9.59 Å². The van der Waals surface area contributed by atoms with E-state index in [2.05, 4.69) is 0 Å². The molecule has 3 heterocycles. The van der Waals surface area contributed by atoms with Crippen LogP contribution >= 0.6 is 0 Å². The Hall–Kier alpha value is -2.56. The maximum Gasteiger partial charge on any atom is 0.305 e. The molecule has 4 atom stereocenters. The van der Waals surface area contributed by atoms with Crippen molar-refractivity contribution in [1.29, 1.82) is 0 Å². The van der Waals surface area contributed by atoms with E-state index in [0.29, 0.717) is 56.3 Å². The number of nitrogens with zero attached hydrogens (tertiary/aromatic N) is 2. The Morgan fingerprint density at radius 3 is 2.58 bits per heavy atom. The standard InChI is InChI=1S/C26H38N2O8/c1-27-19-15-21(32-3)20(31-2)14-18(19)25(30)28-11-10-17(16-34-12-7-8-22(29)33-4)24(28)26(27)36-23-9-5-6-13-35-23/h14-15,17,23-24,26H,5-13,16H2,1-4H3/t17-,23?,24-,26?/m0/s1. The SMILES string of the molecule is COC(=O)CCCOC[C@@H]1CCN2C(=O)c3cc(OC)c(OC)cc3N(C)C(OC3CCCCO3)[C@H]12. The van der Waals surface area contributed by atoms with Crippen LogP contribution in [0.4, 0.5) is 5.69 Å². The van der Waals surface area contributed by atoms with Crippen LogP contribution in [-0.4, -0.2) is 90.1 Å². The summed E-state index contributed by atoms with van der Waals surface area (Å²) in [5, 5.41) is 0. The van der Waals surface area contributed by atoms with Gasteiger partial charge < -0.3 is 38.2 Å². The highest BCUT2D eigenvalue weighted by molar-refractivity contribution is 6.02. The van der Waals surface area contributed by atoms with Crippen molar-refractivity contribution in [2.45, 2.75) is 57.1 Å². The van der Waals surface area contributed by atoms with Crippen LogP contribution in [0, 0.1) is 5.92 Å². The number of fused-ring (bicyclic) bond motifs is 2. The quantitative estimate of drug-likeness (QED) is 0.351. The minimum atomic E-state index is -0.428. The molecule has 3 aliphatic heterocycles. The molecule has 10 heteroatoms. The minimum Gasteiger partial charge on any atom is -0.493 e. The van der Waals surface area contributed by atoms with E-state index in [4.69, 9.17) is 28.4 Å². The predicted molar refractivity (Wildman–Crippen MR) is 131 cm³/mol. The van der Waals surface area contributed by atoms with E-state index in [1.165, 1.54) is 7.11 Å². The van der Waals surface area contributed by atoms with Crippen LogP contribution in [0.25, 0.3) is 0 Å². The Bertz CT molecular complexity index is 919. The molecule has 200 valence electrons. The molecule has 2 saturated heterocycles. The molecule has 4 rings (SSSR count). The molecule has 0 spiro atoms. The van der Waals surface area contributed by atoms with E-state index in [9.17, 15) is 9.59 Å². The summed E-state index contributed by atoms with van der Waals surface area (Å²) in [6.07, 6.45) is 3.84. The third-order valence-corrected chi connectivity index (χ3v) is 7.29. The number of esters is 1. The van der Waals surface area contributed by atoms with Gasteiger partial charge in [-0.1, -0.05) is 0 Å². The van der Waals surface area contributed by atoms with Crippen molar-refractivity contribution in [3.05, 3.63) is 17.7 Å². The molecular formula is C26H38N2O8. The molecule has 0 radical (unpaired) electrons. The summed E-state index contributed by atoms with van der Waals surface area (Å²) in [5.41, 5.74) is 1.28. The van der Waals surface area contributed by atoms with Gasteiger partial charge in [-0.2, -0.15) is 0 Å². The average molecular weight is 507 g/mol. The van der Waals surface area contributed by atoms with Crippen molar-refractivity contribution < 1.29 is 38.0 Å². The Kier molecular flexibility index (Phi) is 8.92. The van der Waals surface area contributed by atoms with Crippen molar-refractivity contribution >= 4 is 17.6 Å². The third kappa shape index (κ3) is 5.55. The second-order valence-electron chi connectivity index (χ2n) is 9.45. The van der Waals surface area contributed by atoms with Crippen molar-refractivity contribution in [3.63, 3.8) is 0 Å². The van der Waals surface area contributed by atoms with Crippen molar-refractivity contribution in [2.24, 2.45) is 5.92 Å². The van der Waals surface area contributed by atoms with E-state index in [-0.39, 0.29) is 30.1 Å². The van der Waals surface area contributed by atoms with Gasteiger partial charge >= 0.3 is 5.97 Å². The number of methoxy groups -OCH3 is 3. The minimum absolute atomic E-state index is 0.0633. The number of carbonyl (C=O) groups is 2. The highest BCUT2D eigenvalue weighted by Crippen LogP contribution is 2.42. The Balaban J connectivity index is 1.60. The summed E-state index contributed by atoms with van der Waals surface area (Å²) in [6.45, 7) is 2.20. The molecule has 0 N–H and O–H groups in total. The first-order valence-corrected chi connectivity index (χ1v) is 12.7. The van der Waals surface area contributed by atoms with Gasteiger partial charge in [0.2, 0.25) is 0 Å². The molecule has 3 aliphatic rings. The highest BCUT2D eigenvalue weighted by atomic mass is 16.7. The molecule has 0 saturated carbocycles. The van der Waals surface area contributed by atoms with Gasteiger partial charge in [-0.25, -0.2) is 0 Å². The zero-order chi connectivity index (χ0) is 25.7.